The van der Waals surface area contributed by atoms with E-state index in [1.54, 1.807) is 0 Å². The zero-order chi connectivity index (χ0) is 13.1. The van der Waals surface area contributed by atoms with Crippen molar-refractivity contribution in [3.8, 4) is 0 Å². The third-order valence-corrected chi connectivity index (χ3v) is 7.15. The normalized spacial score (nSPS) is 24.9. The number of ether oxygens (including phenoxy) is 1. The Morgan fingerprint density at radius 3 is 2.63 bits per heavy atom. The Morgan fingerprint density at radius 1 is 1.21 bits per heavy atom. The van der Waals surface area contributed by atoms with Gasteiger partial charge in [0.1, 0.15) is 0 Å². The van der Waals surface area contributed by atoms with Gasteiger partial charge in [-0.15, -0.1) is 23.5 Å². The molecule has 1 spiro atoms. The fraction of sp³-hybridized carbons (Fsp3) is 0.467. The molecule has 2 aliphatic rings. The van der Waals surface area contributed by atoms with Gasteiger partial charge in [-0.2, -0.15) is 0 Å². The molecule has 1 aromatic rings. The maximum Gasteiger partial charge on any atom is 0.0871 e. The molecule has 0 radical (unpaired) electrons. The average Bonchev–Trinajstić information content (AvgIpc) is 3.06. The Morgan fingerprint density at radius 2 is 1.95 bits per heavy atom. The van der Waals surface area contributed by atoms with Crippen LogP contribution in [0, 0.1) is 0 Å². The van der Waals surface area contributed by atoms with Gasteiger partial charge in [-0.3, -0.25) is 0 Å². The van der Waals surface area contributed by atoms with Gasteiger partial charge < -0.3 is 9.84 Å². The summed E-state index contributed by atoms with van der Waals surface area (Å²) in [5.74, 6) is 2.35. The summed E-state index contributed by atoms with van der Waals surface area (Å²) in [5, 5.41) is 9.54. The molecule has 0 aromatic heterocycles. The van der Waals surface area contributed by atoms with Gasteiger partial charge in [-0.25, -0.2) is 0 Å². The summed E-state index contributed by atoms with van der Waals surface area (Å²) < 4.78 is 6.09. The molecular weight excluding hydrogens is 276 g/mol. The Labute approximate surface area is 122 Å². The second kappa shape index (κ2) is 5.92. The molecule has 0 saturated carbocycles. The summed E-state index contributed by atoms with van der Waals surface area (Å²) in [6, 6.07) is 10.3. The highest BCUT2D eigenvalue weighted by Gasteiger charge is 2.45. The molecule has 1 aliphatic heterocycles. The third kappa shape index (κ3) is 2.87. The van der Waals surface area contributed by atoms with Crippen LogP contribution in [0.15, 0.2) is 42.0 Å². The lowest BCUT2D eigenvalue weighted by Gasteiger charge is -2.25. The summed E-state index contributed by atoms with van der Waals surface area (Å²) in [6.45, 7) is 0.803. The Kier molecular flexibility index (Phi) is 4.22. The molecule has 1 aliphatic carbocycles. The van der Waals surface area contributed by atoms with Gasteiger partial charge in [0.2, 0.25) is 0 Å². The van der Waals surface area contributed by atoms with Crippen molar-refractivity contribution in [1.82, 2.24) is 0 Å². The molecule has 1 fully saturated rings. The lowest BCUT2D eigenvalue weighted by atomic mass is 10.2. The molecule has 19 heavy (non-hydrogen) atoms. The first-order valence-corrected chi connectivity index (χ1v) is 8.55. The zero-order valence-electron chi connectivity index (χ0n) is 10.7. The highest BCUT2D eigenvalue weighted by atomic mass is 32.2. The first kappa shape index (κ1) is 13.6. The van der Waals surface area contributed by atoms with Crippen LogP contribution in [0.3, 0.4) is 0 Å². The predicted octanol–water partition coefficient (Wildman–Crippen LogP) is 3.07. The molecule has 2 nitrogen and oxygen atoms in total. The van der Waals surface area contributed by atoms with Crippen LogP contribution in [0.4, 0.5) is 0 Å². The average molecular weight is 294 g/mol. The van der Waals surface area contributed by atoms with Crippen molar-refractivity contribution in [3.63, 3.8) is 0 Å². The van der Waals surface area contributed by atoms with Gasteiger partial charge in [0, 0.05) is 17.9 Å². The van der Waals surface area contributed by atoms with Crippen LogP contribution in [0.2, 0.25) is 0 Å². The largest absolute Gasteiger partial charge is 0.392 e. The lowest BCUT2D eigenvalue weighted by molar-refractivity contribution is 0.0718. The summed E-state index contributed by atoms with van der Waals surface area (Å²) in [6.07, 6.45) is 3.26. The standard InChI is InChI=1S/C15H18O2S2/c16-10-13-8-14(9-15(13)18-6-7-19-15)17-11-12-4-2-1-3-5-12/h1-5,8,14,16H,6-7,9-11H2/t14-/m0/s1. The van der Waals surface area contributed by atoms with E-state index in [2.05, 4.69) is 18.2 Å². The highest BCUT2D eigenvalue weighted by molar-refractivity contribution is 8.21. The predicted molar refractivity (Wildman–Crippen MR) is 82.5 cm³/mol. The van der Waals surface area contributed by atoms with Crippen molar-refractivity contribution in [1.29, 1.82) is 0 Å². The maximum absolute atomic E-state index is 9.54. The minimum absolute atomic E-state index is 0.0934. The minimum atomic E-state index is 0.0934. The maximum atomic E-state index is 9.54. The van der Waals surface area contributed by atoms with E-state index in [1.165, 1.54) is 17.1 Å². The van der Waals surface area contributed by atoms with E-state index in [1.807, 2.05) is 41.7 Å². The number of hydrogen-bond acceptors (Lipinski definition) is 4. The van der Waals surface area contributed by atoms with Crippen molar-refractivity contribution in [2.24, 2.45) is 0 Å². The molecule has 1 saturated heterocycles. The van der Waals surface area contributed by atoms with Crippen LogP contribution >= 0.6 is 23.5 Å². The van der Waals surface area contributed by atoms with Crippen molar-refractivity contribution >= 4 is 23.5 Å². The van der Waals surface area contributed by atoms with E-state index in [-0.39, 0.29) is 16.8 Å². The van der Waals surface area contributed by atoms with Crippen molar-refractivity contribution in [3.05, 3.63) is 47.5 Å². The van der Waals surface area contributed by atoms with Crippen LogP contribution in [-0.4, -0.2) is 33.4 Å². The first-order valence-electron chi connectivity index (χ1n) is 6.58. The van der Waals surface area contributed by atoms with Crippen LogP contribution in [0.25, 0.3) is 0 Å². The number of aliphatic hydroxyl groups is 1. The SMILES string of the molecule is OCC1=C[C@H](OCc2ccccc2)CC12SCCS2. The molecule has 0 unspecified atom stereocenters. The van der Waals surface area contributed by atoms with Gasteiger partial charge >= 0.3 is 0 Å². The van der Waals surface area contributed by atoms with E-state index in [4.69, 9.17) is 4.74 Å². The number of benzene rings is 1. The molecular formula is C15H18O2S2. The molecule has 1 heterocycles. The number of thioether (sulfide) groups is 2. The monoisotopic (exact) mass is 294 g/mol. The van der Waals surface area contributed by atoms with E-state index in [0.717, 1.165) is 12.0 Å². The quantitative estimate of drug-likeness (QED) is 0.864. The fourth-order valence-corrected chi connectivity index (χ4v) is 5.98. The first-order chi connectivity index (χ1) is 9.32. The van der Waals surface area contributed by atoms with Crippen molar-refractivity contribution < 1.29 is 9.84 Å². The number of rotatable bonds is 4. The van der Waals surface area contributed by atoms with Crippen molar-refractivity contribution in [2.45, 2.75) is 23.2 Å². The van der Waals surface area contributed by atoms with Crippen LogP contribution in [-0.2, 0) is 11.3 Å². The second-order valence-corrected chi connectivity index (χ2v) is 7.89. The van der Waals surface area contributed by atoms with Gasteiger partial charge in [0.25, 0.3) is 0 Å². The second-order valence-electron chi connectivity index (χ2n) is 4.84. The van der Waals surface area contributed by atoms with E-state index < -0.39 is 0 Å². The van der Waals surface area contributed by atoms with Crippen LogP contribution in [0.1, 0.15) is 12.0 Å². The third-order valence-electron chi connectivity index (χ3n) is 3.58. The molecule has 1 aromatic carbocycles. The molecule has 1 N–H and O–H groups in total. The minimum Gasteiger partial charge on any atom is -0.392 e. The smallest absolute Gasteiger partial charge is 0.0871 e. The Hall–Kier alpha value is -0.420. The molecule has 0 bridgehead atoms. The van der Waals surface area contributed by atoms with Crippen LogP contribution in [0.5, 0.6) is 0 Å². The summed E-state index contributed by atoms with van der Waals surface area (Å²) in [4.78, 5) is 0. The van der Waals surface area contributed by atoms with E-state index in [0.29, 0.717) is 6.61 Å². The summed E-state index contributed by atoms with van der Waals surface area (Å²) in [7, 11) is 0. The number of hydrogen-bond donors (Lipinski definition) is 1. The summed E-state index contributed by atoms with van der Waals surface area (Å²) >= 11 is 3.93. The number of aliphatic hydroxyl groups excluding tert-OH is 1. The van der Waals surface area contributed by atoms with Gasteiger partial charge in [0.05, 0.1) is 23.4 Å². The highest BCUT2D eigenvalue weighted by Crippen LogP contribution is 2.55. The Bertz CT molecular complexity index is 452. The lowest BCUT2D eigenvalue weighted by Crippen LogP contribution is -2.21. The zero-order valence-corrected chi connectivity index (χ0v) is 12.4. The van der Waals surface area contributed by atoms with E-state index >= 15 is 0 Å². The van der Waals surface area contributed by atoms with E-state index in [9.17, 15) is 5.11 Å². The molecule has 3 rings (SSSR count). The molecule has 0 amide bonds. The molecule has 102 valence electrons. The molecule has 4 heteroatoms. The summed E-state index contributed by atoms with van der Waals surface area (Å²) in [5.41, 5.74) is 2.35. The topological polar surface area (TPSA) is 29.5 Å². The van der Waals surface area contributed by atoms with Gasteiger partial charge in [0.15, 0.2) is 0 Å². The van der Waals surface area contributed by atoms with Gasteiger partial charge in [-0.05, 0) is 11.1 Å². The van der Waals surface area contributed by atoms with Crippen LogP contribution < -0.4 is 0 Å². The van der Waals surface area contributed by atoms with Crippen molar-refractivity contribution in [2.75, 3.05) is 18.1 Å². The molecule has 1 atom stereocenters. The Balaban J connectivity index is 1.63. The van der Waals surface area contributed by atoms with Gasteiger partial charge in [-0.1, -0.05) is 36.4 Å². The fourth-order valence-electron chi connectivity index (χ4n) is 2.62.